The molecule has 2 saturated heterocycles. The largest absolute Gasteiger partial charge is 0.379 e. The molecule has 1 aromatic heterocycles. The van der Waals surface area contributed by atoms with Gasteiger partial charge in [0.1, 0.15) is 5.69 Å². The van der Waals surface area contributed by atoms with Gasteiger partial charge in [0, 0.05) is 39.3 Å². The summed E-state index contributed by atoms with van der Waals surface area (Å²) < 4.78 is 86.7. The van der Waals surface area contributed by atoms with Crippen LogP contribution in [-0.2, 0) is 14.9 Å². The number of piperazine rings is 1. The molecule has 2 aliphatic heterocycles. The molecule has 0 aliphatic carbocycles. The Morgan fingerprint density at radius 1 is 0.800 bits per heavy atom. The lowest BCUT2D eigenvalue weighted by molar-refractivity contribution is 0.0700. The Balaban J connectivity index is 1.74. The van der Waals surface area contributed by atoms with Crippen molar-refractivity contribution in [3.8, 4) is 0 Å². The number of anilines is 1. The Kier molecular flexibility index (Phi) is 5.14. The number of hydrogen-bond donors (Lipinski definition) is 0. The summed E-state index contributed by atoms with van der Waals surface area (Å²) in [5.41, 5.74) is -0.867. The van der Waals surface area contributed by atoms with Crippen LogP contribution in [0.2, 0.25) is 0 Å². The summed E-state index contributed by atoms with van der Waals surface area (Å²) in [5.74, 6) is -6.67. The van der Waals surface area contributed by atoms with Crippen LogP contribution in [0.15, 0.2) is 0 Å². The molecule has 7 nitrogen and oxygen atoms in total. The lowest BCUT2D eigenvalue weighted by Gasteiger charge is -2.38. The number of halogens is 4. The lowest BCUT2D eigenvalue weighted by atomic mass is 10.2. The van der Waals surface area contributed by atoms with Crippen LogP contribution in [0.25, 0.3) is 0 Å². The maximum absolute atomic E-state index is 13.8. The van der Waals surface area contributed by atoms with Gasteiger partial charge >= 0.3 is 0 Å². The molecule has 3 heterocycles. The van der Waals surface area contributed by atoms with Crippen molar-refractivity contribution in [2.24, 2.45) is 0 Å². The van der Waals surface area contributed by atoms with Gasteiger partial charge in [-0.25, -0.2) is 0 Å². The second kappa shape index (κ2) is 7.02. The molecular weight excluding hydrogens is 368 g/mol. The summed E-state index contributed by atoms with van der Waals surface area (Å²) in [6, 6.07) is 0. The average molecular weight is 384 g/mol. The van der Waals surface area contributed by atoms with E-state index >= 15 is 0 Å². The minimum absolute atomic E-state index is 0.0653. The summed E-state index contributed by atoms with van der Waals surface area (Å²) >= 11 is 0. The van der Waals surface area contributed by atoms with Gasteiger partial charge in [-0.1, -0.05) is 0 Å². The molecule has 2 aliphatic rings. The van der Waals surface area contributed by atoms with Crippen molar-refractivity contribution in [1.82, 2.24) is 13.6 Å². The van der Waals surface area contributed by atoms with Gasteiger partial charge in [0.25, 0.3) is 22.1 Å². The summed E-state index contributed by atoms with van der Waals surface area (Å²) in [6.07, 6.45) is 0. The number of pyridine rings is 1. The van der Waals surface area contributed by atoms with Crippen molar-refractivity contribution in [2.75, 3.05) is 57.4 Å². The standard InChI is InChI=1S/C13H16F4N4O3S/c14-9-11(10(15)13(17)18-12(9)16)19-1-3-20(4-2-19)25(22,23)21-5-7-24-8-6-21/h1-8H2. The third-order valence-electron chi connectivity index (χ3n) is 4.15. The molecule has 0 spiro atoms. The molecular formula is C13H16F4N4O3S. The maximum atomic E-state index is 13.8. The molecule has 25 heavy (non-hydrogen) atoms. The predicted molar refractivity (Wildman–Crippen MR) is 79.2 cm³/mol. The van der Waals surface area contributed by atoms with E-state index in [1.165, 1.54) is 8.61 Å². The van der Waals surface area contributed by atoms with E-state index in [1.54, 1.807) is 0 Å². The zero-order valence-electron chi connectivity index (χ0n) is 13.1. The monoisotopic (exact) mass is 384 g/mol. The Morgan fingerprint density at radius 3 is 1.80 bits per heavy atom. The summed E-state index contributed by atoms with van der Waals surface area (Å²) in [7, 11) is -3.72. The number of hydrogen-bond acceptors (Lipinski definition) is 5. The highest BCUT2D eigenvalue weighted by Crippen LogP contribution is 2.27. The first-order valence-corrected chi connectivity index (χ1v) is 9.00. The molecule has 1 aromatic rings. The number of nitrogens with zero attached hydrogens (tertiary/aromatic N) is 4. The van der Waals surface area contributed by atoms with Gasteiger partial charge in [0.2, 0.25) is 11.6 Å². The van der Waals surface area contributed by atoms with Crippen molar-refractivity contribution in [1.29, 1.82) is 0 Å². The third kappa shape index (κ3) is 3.43. The fourth-order valence-electron chi connectivity index (χ4n) is 2.84. The van der Waals surface area contributed by atoms with E-state index in [0.717, 1.165) is 4.90 Å². The lowest BCUT2D eigenvalue weighted by Crippen LogP contribution is -2.55. The number of rotatable bonds is 3. The van der Waals surface area contributed by atoms with Crippen LogP contribution in [0.3, 0.4) is 0 Å². The zero-order chi connectivity index (χ0) is 18.2. The molecule has 3 rings (SSSR count). The van der Waals surface area contributed by atoms with Gasteiger partial charge in [-0.2, -0.15) is 39.6 Å². The van der Waals surface area contributed by atoms with E-state index in [9.17, 15) is 26.0 Å². The highest BCUT2D eigenvalue weighted by atomic mass is 32.2. The van der Waals surface area contributed by atoms with Gasteiger partial charge in [-0.15, -0.1) is 0 Å². The van der Waals surface area contributed by atoms with Crippen LogP contribution in [0.4, 0.5) is 23.2 Å². The molecule has 0 aromatic carbocycles. The van der Waals surface area contributed by atoms with E-state index < -0.39 is 39.4 Å². The van der Waals surface area contributed by atoms with Gasteiger partial charge < -0.3 is 9.64 Å². The van der Waals surface area contributed by atoms with Gasteiger partial charge in [0.15, 0.2) is 0 Å². The first kappa shape index (κ1) is 18.3. The molecule has 12 heteroatoms. The number of ether oxygens (including phenoxy) is 1. The van der Waals surface area contributed by atoms with Gasteiger partial charge in [-0.3, -0.25) is 0 Å². The Bertz CT molecular complexity index is 724. The summed E-state index contributed by atoms with van der Waals surface area (Å²) in [6.45, 7) is 0.699. The Morgan fingerprint density at radius 2 is 1.28 bits per heavy atom. The predicted octanol–water partition coefficient (Wildman–Crippen LogP) is 0.337. The average Bonchev–Trinajstić information content (AvgIpc) is 2.61. The summed E-state index contributed by atoms with van der Waals surface area (Å²) in [4.78, 5) is 3.58. The quantitative estimate of drug-likeness (QED) is 0.555. The maximum Gasteiger partial charge on any atom is 0.282 e. The van der Waals surface area contributed by atoms with Crippen molar-refractivity contribution >= 4 is 15.9 Å². The molecule has 0 radical (unpaired) electrons. The van der Waals surface area contributed by atoms with Crippen molar-refractivity contribution < 1.29 is 30.7 Å². The molecule has 2 fully saturated rings. The third-order valence-corrected chi connectivity index (χ3v) is 6.19. The van der Waals surface area contributed by atoms with E-state index in [0.29, 0.717) is 13.2 Å². The topological polar surface area (TPSA) is 66.0 Å². The second-order valence-electron chi connectivity index (χ2n) is 5.58. The molecule has 140 valence electrons. The SMILES string of the molecule is O=S(=O)(N1CCOCC1)N1CCN(c2c(F)c(F)nc(F)c2F)CC1. The molecule has 0 unspecified atom stereocenters. The Hall–Kier alpha value is -1.50. The van der Waals surface area contributed by atoms with E-state index in [1.807, 2.05) is 0 Å². The van der Waals surface area contributed by atoms with Crippen LogP contribution < -0.4 is 4.90 Å². The van der Waals surface area contributed by atoms with Crippen molar-refractivity contribution in [2.45, 2.75) is 0 Å². The molecule has 0 bridgehead atoms. The second-order valence-corrected chi connectivity index (χ2v) is 7.50. The van der Waals surface area contributed by atoms with Gasteiger partial charge in [0.05, 0.1) is 13.2 Å². The van der Waals surface area contributed by atoms with Gasteiger partial charge in [-0.05, 0) is 0 Å². The smallest absolute Gasteiger partial charge is 0.282 e. The zero-order valence-corrected chi connectivity index (χ0v) is 13.9. The Labute approximate surface area is 142 Å². The fraction of sp³-hybridized carbons (Fsp3) is 0.615. The first-order chi connectivity index (χ1) is 11.8. The highest BCUT2D eigenvalue weighted by molar-refractivity contribution is 7.86. The van der Waals surface area contributed by atoms with E-state index in [2.05, 4.69) is 4.98 Å². The number of aromatic nitrogens is 1. The summed E-state index contributed by atoms with van der Waals surface area (Å²) in [5, 5.41) is 0. The van der Waals surface area contributed by atoms with Crippen LogP contribution in [0.1, 0.15) is 0 Å². The minimum atomic E-state index is -3.72. The van der Waals surface area contributed by atoms with E-state index in [4.69, 9.17) is 4.74 Å². The van der Waals surface area contributed by atoms with E-state index in [-0.39, 0.29) is 39.3 Å². The van der Waals surface area contributed by atoms with Crippen LogP contribution >= 0.6 is 0 Å². The van der Waals surface area contributed by atoms with Crippen LogP contribution in [-0.4, -0.2) is 74.5 Å². The highest BCUT2D eigenvalue weighted by Gasteiger charge is 2.35. The fourth-order valence-corrected chi connectivity index (χ4v) is 4.40. The van der Waals surface area contributed by atoms with Crippen molar-refractivity contribution in [3.05, 3.63) is 23.5 Å². The molecule has 0 atom stereocenters. The first-order valence-electron chi connectivity index (χ1n) is 7.60. The molecule has 0 N–H and O–H groups in total. The number of morpholine rings is 1. The molecule has 0 amide bonds. The minimum Gasteiger partial charge on any atom is -0.379 e. The van der Waals surface area contributed by atoms with Crippen molar-refractivity contribution in [3.63, 3.8) is 0 Å². The normalized spacial score (nSPS) is 20.9. The van der Waals surface area contributed by atoms with Crippen LogP contribution in [0.5, 0.6) is 0 Å². The van der Waals surface area contributed by atoms with Crippen LogP contribution in [0, 0.1) is 23.5 Å². The molecule has 0 saturated carbocycles.